The van der Waals surface area contributed by atoms with Crippen LogP contribution in [0.3, 0.4) is 0 Å². The Morgan fingerprint density at radius 1 is 2.00 bits per heavy atom. The van der Waals surface area contributed by atoms with Crippen LogP contribution in [-0.2, 0) is 9.57 Å². The summed E-state index contributed by atoms with van der Waals surface area (Å²) in [6.07, 6.45) is -0.431. The Morgan fingerprint density at radius 2 is 2.57 bits per heavy atom. The molecule has 1 aliphatic rings. The smallest absolute Gasteiger partial charge is 0.436 e. The number of carbonyl (C=O) groups is 1. The van der Waals surface area contributed by atoms with E-state index in [0.29, 0.717) is 6.73 Å². The molecule has 0 spiro atoms. The van der Waals surface area contributed by atoms with Crippen molar-refractivity contribution in [2.45, 2.75) is 0 Å². The lowest BCUT2D eigenvalue weighted by atomic mass is 11.1. The standard InChI is InChI=1S/C3H5NO3/c1-6-3(5)4-2-7-4/h2H2,1H3. The van der Waals surface area contributed by atoms with E-state index in [1.807, 2.05) is 0 Å². The molecule has 1 heterocycles. The zero-order valence-electron chi connectivity index (χ0n) is 3.88. The van der Waals surface area contributed by atoms with E-state index in [0.717, 1.165) is 5.06 Å². The molecule has 0 aromatic heterocycles. The van der Waals surface area contributed by atoms with E-state index in [9.17, 15) is 4.79 Å². The zero-order valence-corrected chi connectivity index (χ0v) is 3.88. The maximum Gasteiger partial charge on any atom is 0.436 e. The Kier molecular flexibility index (Phi) is 0.867. The quantitative estimate of drug-likeness (QED) is 0.404. The van der Waals surface area contributed by atoms with Gasteiger partial charge in [0.1, 0.15) is 0 Å². The number of hydrogen-bond donors (Lipinski definition) is 0. The second-order valence-electron chi connectivity index (χ2n) is 1.11. The van der Waals surface area contributed by atoms with Gasteiger partial charge in [-0.2, -0.15) is 5.06 Å². The van der Waals surface area contributed by atoms with Crippen LogP contribution in [0, 0.1) is 0 Å². The highest BCUT2D eigenvalue weighted by Crippen LogP contribution is 2.06. The molecule has 1 aliphatic heterocycles. The van der Waals surface area contributed by atoms with Crippen molar-refractivity contribution in [2.24, 2.45) is 0 Å². The summed E-state index contributed by atoms with van der Waals surface area (Å²) in [7, 11) is 1.31. The largest absolute Gasteiger partial charge is 0.451 e. The van der Waals surface area contributed by atoms with E-state index in [1.54, 1.807) is 0 Å². The Labute approximate surface area is 40.6 Å². The van der Waals surface area contributed by atoms with Gasteiger partial charge >= 0.3 is 6.09 Å². The van der Waals surface area contributed by atoms with Crippen LogP contribution >= 0.6 is 0 Å². The Morgan fingerprint density at radius 3 is 2.71 bits per heavy atom. The number of hydroxylamine groups is 2. The topological polar surface area (TPSA) is 41.8 Å². The monoisotopic (exact) mass is 103 g/mol. The lowest BCUT2D eigenvalue weighted by Crippen LogP contribution is -2.08. The predicted octanol–water partition coefficient (Wildman–Crippen LogP) is -0.0425. The number of amides is 1. The molecule has 0 atom stereocenters. The van der Waals surface area contributed by atoms with Crippen molar-refractivity contribution in [1.29, 1.82) is 0 Å². The molecule has 0 bridgehead atoms. The first-order valence-corrected chi connectivity index (χ1v) is 1.83. The summed E-state index contributed by atoms with van der Waals surface area (Å²) in [5, 5.41) is 1.11. The Hall–Kier alpha value is -0.770. The van der Waals surface area contributed by atoms with E-state index >= 15 is 0 Å². The molecular formula is C3H5NO3. The lowest BCUT2D eigenvalue weighted by Gasteiger charge is -1.90. The molecule has 0 aromatic rings. The minimum atomic E-state index is -0.431. The summed E-state index contributed by atoms with van der Waals surface area (Å²) in [6.45, 7) is 0.368. The second kappa shape index (κ2) is 1.38. The van der Waals surface area contributed by atoms with E-state index in [1.165, 1.54) is 7.11 Å². The maximum absolute atomic E-state index is 10.2. The highest BCUT2D eigenvalue weighted by Gasteiger charge is 2.26. The molecule has 0 unspecified atom stereocenters. The van der Waals surface area contributed by atoms with E-state index in [-0.39, 0.29) is 0 Å². The van der Waals surface area contributed by atoms with Crippen molar-refractivity contribution in [3.8, 4) is 0 Å². The molecule has 1 rings (SSSR count). The summed E-state index contributed by atoms with van der Waals surface area (Å²) in [5.41, 5.74) is 0. The predicted molar refractivity (Wildman–Crippen MR) is 20.2 cm³/mol. The molecule has 1 saturated heterocycles. The molecule has 40 valence electrons. The molecule has 1 amide bonds. The third kappa shape index (κ3) is 0.806. The van der Waals surface area contributed by atoms with Gasteiger partial charge in [-0.05, 0) is 0 Å². The fourth-order valence-electron chi connectivity index (χ4n) is 0.236. The molecule has 1 fully saturated rings. The highest BCUT2D eigenvalue weighted by molar-refractivity contribution is 5.67. The SMILES string of the molecule is COC(=O)N1CO1. The first-order chi connectivity index (χ1) is 3.34. The zero-order chi connectivity index (χ0) is 5.28. The van der Waals surface area contributed by atoms with Gasteiger partial charge in [-0.25, -0.2) is 9.63 Å². The third-order valence-corrected chi connectivity index (χ3v) is 0.636. The van der Waals surface area contributed by atoms with E-state index < -0.39 is 6.09 Å². The number of methoxy groups -OCH3 is 1. The normalized spacial score (nSPS) is 16.4. The first kappa shape index (κ1) is 4.39. The van der Waals surface area contributed by atoms with Gasteiger partial charge in [-0.3, -0.25) is 0 Å². The maximum atomic E-state index is 10.2. The summed E-state index contributed by atoms with van der Waals surface area (Å²) in [5.74, 6) is 0. The van der Waals surface area contributed by atoms with Crippen molar-refractivity contribution >= 4 is 6.09 Å². The van der Waals surface area contributed by atoms with Crippen molar-refractivity contribution in [3.05, 3.63) is 0 Å². The molecular weight excluding hydrogens is 98.0 g/mol. The van der Waals surface area contributed by atoms with Gasteiger partial charge in [0, 0.05) is 0 Å². The van der Waals surface area contributed by atoms with Crippen molar-refractivity contribution in [3.63, 3.8) is 0 Å². The number of ether oxygens (including phenoxy) is 1. The van der Waals surface area contributed by atoms with Gasteiger partial charge in [0.2, 0.25) is 0 Å². The molecule has 0 aromatic carbocycles. The minimum absolute atomic E-state index is 0.368. The average Bonchev–Trinajstić information content (AvgIpc) is 2.44. The number of carbonyl (C=O) groups excluding carboxylic acids is 1. The van der Waals surface area contributed by atoms with Crippen LogP contribution < -0.4 is 0 Å². The Bertz CT molecular complexity index is 88.2. The highest BCUT2D eigenvalue weighted by atomic mass is 16.9. The number of rotatable bonds is 0. The van der Waals surface area contributed by atoms with Gasteiger partial charge in [0.15, 0.2) is 6.73 Å². The summed E-state index contributed by atoms with van der Waals surface area (Å²) in [6, 6.07) is 0. The van der Waals surface area contributed by atoms with Gasteiger partial charge in [0.25, 0.3) is 0 Å². The van der Waals surface area contributed by atoms with Crippen LogP contribution in [-0.4, -0.2) is 25.0 Å². The molecule has 4 nitrogen and oxygen atoms in total. The Balaban J connectivity index is 2.24. The van der Waals surface area contributed by atoms with Crippen molar-refractivity contribution < 1.29 is 14.4 Å². The van der Waals surface area contributed by atoms with Crippen LogP contribution in [0.4, 0.5) is 4.79 Å². The molecule has 0 N–H and O–H groups in total. The summed E-state index contributed by atoms with van der Waals surface area (Å²) < 4.78 is 4.24. The van der Waals surface area contributed by atoms with Crippen LogP contribution in [0.5, 0.6) is 0 Å². The number of nitrogens with zero attached hydrogens (tertiary/aromatic N) is 1. The molecule has 4 heteroatoms. The van der Waals surface area contributed by atoms with Crippen LogP contribution in [0.1, 0.15) is 0 Å². The fraction of sp³-hybridized carbons (Fsp3) is 0.667. The summed E-state index contributed by atoms with van der Waals surface area (Å²) in [4.78, 5) is 14.6. The van der Waals surface area contributed by atoms with Gasteiger partial charge in [-0.1, -0.05) is 0 Å². The molecule has 7 heavy (non-hydrogen) atoms. The lowest BCUT2D eigenvalue weighted by molar-refractivity contribution is 0.111. The van der Waals surface area contributed by atoms with Crippen molar-refractivity contribution in [1.82, 2.24) is 5.06 Å². The van der Waals surface area contributed by atoms with Gasteiger partial charge in [0.05, 0.1) is 7.11 Å². The molecule has 0 aliphatic carbocycles. The van der Waals surface area contributed by atoms with Gasteiger partial charge in [-0.15, -0.1) is 0 Å². The van der Waals surface area contributed by atoms with E-state index in [4.69, 9.17) is 0 Å². The fourth-order valence-corrected chi connectivity index (χ4v) is 0.236. The van der Waals surface area contributed by atoms with Crippen LogP contribution in [0.2, 0.25) is 0 Å². The third-order valence-electron chi connectivity index (χ3n) is 0.636. The second-order valence-corrected chi connectivity index (χ2v) is 1.11. The van der Waals surface area contributed by atoms with Crippen LogP contribution in [0.25, 0.3) is 0 Å². The van der Waals surface area contributed by atoms with Crippen molar-refractivity contribution in [2.75, 3.05) is 13.8 Å². The van der Waals surface area contributed by atoms with Crippen LogP contribution in [0.15, 0.2) is 0 Å². The average molecular weight is 103 g/mol. The van der Waals surface area contributed by atoms with E-state index in [2.05, 4.69) is 9.57 Å². The minimum Gasteiger partial charge on any atom is -0.451 e. The molecule has 0 radical (unpaired) electrons. The van der Waals surface area contributed by atoms with Gasteiger partial charge < -0.3 is 4.74 Å². The number of hydrogen-bond acceptors (Lipinski definition) is 3. The molecule has 0 saturated carbocycles. The summed E-state index contributed by atoms with van der Waals surface area (Å²) >= 11 is 0. The first-order valence-electron chi connectivity index (χ1n) is 1.83.